The van der Waals surface area contributed by atoms with E-state index in [0.29, 0.717) is 24.1 Å². The molecule has 0 aliphatic carbocycles. The molecule has 0 radical (unpaired) electrons. The van der Waals surface area contributed by atoms with Gasteiger partial charge in [0.05, 0.1) is 17.8 Å². The van der Waals surface area contributed by atoms with E-state index in [1.165, 1.54) is 0 Å². The van der Waals surface area contributed by atoms with Gasteiger partial charge in [0.2, 0.25) is 0 Å². The molecule has 2 atom stereocenters. The predicted octanol–water partition coefficient (Wildman–Crippen LogP) is 4.01. The van der Waals surface area contributed by atoms with E-state index in [-0.39, 0.29) is 19.5 Å². The Balaban J connectivity index is 1.64. The first-order valence-electron chi connectivity index (χ1n) is 9.13. The van der Waals surface area contributed by atoms with Crippen LogP contribution in [0.2, 0.25) is 0 Å². The topological polar surface area (TPSA) is 49.7 Å². The molecule has 0 aromatic carbocycles. The minimum Gasteiger partial charge on any atom is -0.346 e. The molecule has 27 heavy (non-hydrogen) atoms. The molecule has 1 saturated heterocycles. The lowest BCUT2D eigenvalue weighted by atomic mass is 10.2. The van der Waals surface area contributed by atoms with E-state index in [1.54, 1.807) is 17.3 Å². The summed E-state index contributed by atoms with van der Waals surface area (Å²) in [6, 6.07) is 1.43. The molecule has 1 aliphatic rings. The number of pyridine rings is 1. The van der Waals surface area contributed by atoms with Gasteiger partial charge in [-0.25, -0.2) is 14.4 Å². The summed E-state index contributed by atoms with van der Waals surface area (Å²) >= 11 is 0. The first kappa shape index (κ1) is 18.2. The lowest BCUT2D eigenvalue weighted by Crippen LogP contribution is -2.24. The zero-order valence-electron chi connectivity index (χ0n) is 14.9. The Labute approximate surface area is 153 Å². The number of hydrogen-bond acceptors (Lipinski definition) is 3. The van der Waals surface area contributed by atoms with Crippen molar-refractivity contribution >= 4 is 22.1 Å². The van der Waals surface area contributed by atoms with Crippen molar-refractivity contribution in [2.45, 2.75) is 44.6 Å². The molecule has 3 aromatic rings. The van der Waals surface area contributed by atoms with Crippen LogP contribution in [-0.4, -0.2) is 56.4 Å². The van der Waals surface area contributed by atoms with Crippen LogP contribution in [0, 0.1) is 0 Å². The van der Waals surface area contributed by atoms with Crippen molar-refractivity contribution in [1.82, 2.24) is 24.4 Å². The highest BCUT2D eigenvalue weighted by Gasteiger charge is 2.37. The number of hydrogen-bond donors (Lipinski definition) is 1. The van der Waals surface area contributed by atoms with Gasteiger partial charge in [0.15, 0.2) is 0 Å². The maximum absolute atomic E-state index is 14.9. The summed E-state index contributed by atoms with van der Waals surface area (Å²) in [6.45, 7) is 2.73. The van der Waals surface area contributed by atoms with Crippen LogP contribution >= 0.6 is 0 Å². The molecule has 0 amide bonds. The molecule has 4 rings (SSSR count). The second-order valence-electron chi connectivity index (χ2n) is 7.05. The van der Waals surface area contributed by atoms with E-state index in [1.807, 2.05) is 17.6 Å². The van der Waals surface area contributed by atoms with Gasteiger partial charge in [-0.2, -0.15) is 13.2 Å². The van der Waals surface area contributed by atoms with Gasteiger partial charge < -0.3 is 9.55 Å². The van der Waals surface area contributed by atoms with Gasteiger partial charge in [-0.05, 0) is 19.0 Å². The quantitative estimate of drug-likeness (QED) is 0.678. The third kappa shape index (κ3) is 3.40. The number of imidazole rings is 1. The number of rotatable bonds is 5. The first-order valence-corrected chi connectivity index (χ1v) is 9.13. The fraction of sp³-hybridized carbons (Fsp3) is 0.556. The third-order valence-electron chi connectivity index (χ3n) is 5.19. The summed E-state index contributed by atoms with van der Waals surface area (Å²) in [5.41, 5.74) is 2.26. The third-order valence-corrected chi connectivity index (χ3v) is 5.19. The standard InChI is InChI=1S/C18H21F4N5/c1-2-15-25-13-8-24-17-11(4-6-23-17)16(13)27(15)14-10-26(9-12(14)19)7-3-5-18(20,21)22/h4,6,8,12,14H,2-3,5,7,9-10H2,1H3,(H,23,24)/t12-,14-/m1/s1. The predicted molar refractivity (Wildman–Crippen MR) is 94.4 cm³/mol. The van der Waals surface area contributed by atoms with Crippen LogP contribution < -0.4 is 0 Å². The average Bonchev–Trinajstić information content (AvgIpc) is 3.28. The monoisotopic (exact) mass is 383 g/mol. The maximum atomic E-state index is 14.9. The molecule has 1 fully saturated rings. The molecule has 0 spiro atoms. The number of likely N-dealkylation sites (tertiary alicyclic amines) is 1. The van der Waals surface area contributed by atoms with Gasteiger partial charge in [-0.15, -0.1) is 0 Å². The van der Waals surface area contributed by atoms with E-state index in [2.05, 4.69) is 15.0 Å². The number of nitrogens with one attached hydrogen (secondary N) is 1. The molecule has 0 unspecified atom stereocenters. The van der Waals surface area contributed by atoms with Crippen LogP contribution in [0.5, 0.6) is 0 Å². The second-order valence-corrected chi connectivity index (χ2v) is 7.05. The van der Waals surface area contributed by atoms with Crippen LogP contribution in [0.25, 0.3) is 22.1 Å². The van der Waals surface area contributed by atoms with Gasteiger partial charge >= 0.3 is 6.18 Å². The zero-order valence-corrected chi connectivity index (χ0v) is 14.9. The number of H-pyrrole nitrogens is 1. The van der Waals surface area contributed by atoms with E-state index in [9.17, 15) is 17.6 Å². The Morgan fingerprint density at radius 2 is 2.11 bits per heavy atom. The summed E-state index contributed by atoms with van der Waals surface area (Å²) in [6.07, 6.45) is -2.08. The van der Waals surface area contributed by atoms with Gasteiger partial charge in [-0.1, -0.05) is 6.92 Å². The molecule has 0 saturated carbocycles. The molecule has 1 aliphatic heterocycles. The molecule has 146 valence electrons. The number of aromatic amines is 1. The number of halogens is 4. The van der Waals surface area contributed by atoms with Crippen LogP contribution in [-0.2, 0) is 6.42 Å². The van der Waals surface area contributed by atoms with Crippen LogP contribution in [0.1, 0.15) is 31.6 Å². The van der Waals surface area contributed by atoms with Crippen LogP contribution in [0.15, 0.2) is 18.5 Å². The number of fused-ring (bicyclic) bond motifs is 3. The molecule has 4 heterocycles. The molecular formula is C18H21F4N5. The zero-order chi connectivity index (χ0) is 19.2. The van der Waals surface area contributed by atoms with Crippen molar-refractivity contribution in [3.8, 4) is 0 Å². The van der Waals surface area contributed by atoms with E-state index < -0.39 is 24.8 Å². The fourth-order valence-electron chi connectivity index (χ4n) is 4.00. The summed E-state index contributed by atoms with van der Waals surface area (Å²) in [5.74, 6) is 0.769. The maximum Gasteiger partial charge on any atom is 0.389 e. The van der Waals surface area contributed by atoms with Gasteiger partial charge in [0, 0.05) is 37.5 Å². The smallest absolute Gasteiger partial charge is 0.346 e. The number of aryl methyl sites for hydroxylation is 1. The molecular weight excluding hydrogens is 362 g/mol. The Bertz CT molecular complexity index is 944. The van der Waals surface area contributed by atoms with Crippen molar-refractivity contribution in [3.05, 3.63) is 24.3 Å². The Morgan fingerprint density at radius 1 is 1.30 bits per heavy atom. The van der Waals surface area contributed by atoms with Crippen molar-refractivity contribution in [2.24, 2.45) is 0 Å². The first-order chi connectivity index (χ1) is 12.9. The molecule has 9 heteroatoms. The van der Waals surface area contributed by atoms with Gasteiger partial charge in [0.1, 0.15) is 23.2 Å². The van der Waals surface area contributed by atoms with Crippen LogP contribution in [0.3, 0.4) is 0 Å². The minimum atomic E-state index is -4.17. The van der Waals surface area contributed by atoms with E-state index in [4.69, 9.17) is 0 Å². The van der Waals surface area contributed by atoms with E-state index in [0.717, 1.165) is 16.7 Å². The highest BCUT2D eigenvalue weighted by Crippen LogP contribution is 2.33. The molecule has 0 bridgehead atoms. The SMILES string of the molecule is CCc1nc2cnc3[nH]ccc3c2n1[C@@H]1CN(CCCC(F)(F)F)C[C@H]1F. The lowest BCUT2D eigenvalue weighted by Gasteiger charge is -2.19. The summed E-state index contributed by atoms with van der Waals surface area (Å²) < 4.78 is 54.0. The lowest BCUT2D eigenvalue weighted by molar-refractivity contribution is -0.136. The van der Waals surface area contributed by atoms with Crippen molar-refractivity contribution < 1.29 is 17.6 Å². The fourth-order valence-corrected chi connectivity index (χ4v) is 4.00. The van der Waals surface area contributed by atoms with Crippen molar-refractivity contribution in [2.75, 3.05) is 19.6 Å². The number of alkyl halides is 4. The normalized spacial score (nSPS) is 21.7. The highest BCUT2D eigenvalue weighted by molar-refractivity contribution is 6.01. The van der Waals surface area contributed by atoms with Crippen LogP contribution in [0.4, 0.5) is 17.6 Å². The van der Waals surface area contributed by atoms with Gasteiger partial charge in [0.25, 0.3) is 0 Å². The Morgan fingerprint density at radius 3 is 2.85 bits per heavy atom. The molecule has 1 N–H and O–H groups in total. The Hall–Kier alpha value is -2.16. The van der Waals surface area contributed by atoms with Crippen molar-refractivity contribution in [3.63, 3.8) is 0 Å². The summed E-state index contributed by atoms with van der Waals surface area (Å²) in [5, 5.41) is 0.877. The minimum absolute atomic E-state index is 0.0137. The average molecular weight is 383 g/mol. The number of aromatic nitrogens is 4. The molecule has 5 nitrogen and oxygen atoms in total. The van der Waals surface area contributed by atoms with E-state index >= 15 is 0 Å². The van der Waals surface area contributed by atoms with Crippen molar-refractivity contribution in [1.29, 1.82) is 0 Å². The second kappa shape index (κ2) is 6.78. The largest absolute Gasteiger partial charge is 0.389 e. The Kier molecular flexibility index (Phi) is 4.57. The van der Waals surface area contributed by atoms with Gasteiger partial charge in [-0.3, -0.25) is 4.90 Å². The highest BCUT2D eigenvalue weighted by atomic mass is 19.4. The summed E-state index contributed by atoms with van der Waals surface area (Å²) in [7, 11) is 0. The summed E-state index contributed by atoms with van der Waals surface area (Å²) in [4.78, 5) is 13.8. The number of nitrogens with zero attached hydrogens (tertiary/aromatic N) is 4. The molecule has 3 aromatic heterocycles.